The summed E-state index contributed by atoms with van der Waals surface area (Å²) in [6.45, 7) is 2.00. The minimum atomic E-state index is -0.225. The van der Waals surface area contributed by atoms with Gasteiger partial charge in [-0.15, -0.1) is 0 Å². The molecule has 2 aromatic carbocycles. The molecule has 2 rings (SSSR count). The van der Waals surface area contributed by atoms with Gasteiger partial charge in [0.2, 0.25) is 0 Å². The molecule has 0 aliphatic heterocycles. The van der Waals surface area contributed by atoms with Crippen LogP contribution in [0.3, 0.4) is 0 Å². The van der Waals surface area contributed by atoms with Crippen molar-refractivity contribution in [2.45, 2.75) is 6.92 Å². The van der Waals surface area contributed by atoms with Gasteiger partial charge in [-0.1, -0.05) is 40.2 Å². The number of nitrogens with one attached hydrogen (secondary N) is 1. The summed E-state index contributed by atoms with van der Waals surface area (Å²) in [6.07, 6.45) is 1.64. The second kappa shape index (κ2) is 6.29. The molecule has 0 heterocycles. The van der Waals surface area contributed by atoms with E-state index in [-0.39, 0.29) is 5.91 Å². The molecule has 1 amide bonds. The maximum atomic E-state index is 11.8. The van der Waals surface area contributed by atoms with Gasteiger partial charge < -0.3 is 0 Å². The van der Waals surface area contributed by atoms with Crippen LogP contribution in [0.4, 0.5) is 0 Å². The zero-order valence-corrected chi connectivity index (χ0v) is 12.0. The summed E-state index contributed by atoms with van der Waals surface area (Å²) in [7, 11) is 0. The summed E-state index contributed by atoms with van der Waals surface area (Å²) in [5, 5.41) is 3.96. The van der Waals surface area contributed by atoms with Crippen LogP contribution in [0.1, 0.15) is 21.5 Å². The van der Waals surface area contributed by atoms with Gasteiger partial charge in [0.05, 0.1) is 6.21 Å². The highest BCUT2D eigenvalue weighted by Gasteiger charge is 2.02. The van der Waals surface area contributed by atoms with Crippen molar-refractivity contribution in [3.63, 3.8) is 0 Å². The number of benzene rings is 2. The van der Waals surface area contributed by atoms with Gasteiger partial charge in [0, 0.05) is 10.0 Å². The minimum Gasteiger partial charge on any atom is -0.267 e. The predicted molar refractivity (Wildman–Crippen MR) is 80.4 cm³/mol. The number of hydrogen-bond acceptors (Lipinski definition) is 2. The Kier molecular flexibility index (Phi) is 4.47. The zero-order valence-electron chi connectivity index (χ0n) is 10.4. The largest absolute Gasteiger partial charge is 0.271 e. The van der Waals surface area contributed by atoms with Crippen molar-refractivity contribution < 1.29 is 4.79 Å². The van der Waals surface area contributed by atoms with Crippen molar-refractivity contribution >= 4 is 28.1 Å². The Hall–Kier alpha value is -1.94. The fourth-order valence-corrected chi connectivity index (χ4v) is 1.82. The third-order valence-electron chi connectivity index (χ3n) is 2.66. The van der Waals surface area contributed by atoms with Crippen molar-refractivity contribution in [1.82, 2.24) is 5.43 Å². The van der Waals surface area contributed by atoms with Gasteiger partial charge in [-0.05, 0) is 42.3 Å². The van der Waals surface area contributed by atoms with Gasteiger partial charge in [0.25, 0.3) is 5.91 Å². The smallest absolute Gasteiger partial charge is 0.267 e. The maximum absolute atomic E-state index is 11.8. The lowest BCUT2D eigenvalue weighted by atomic mass is 10.1. The fourth-order valence-electron chi connectivity index (χ4n) is 1.56. The molecule has 0 saturated carbocycles. The highest BCUT2D eigenvalue weighted by molar-refractivity contribution is 9.10. The molecule has 0 aliphatic carbocycles. The number of rotatable bonds is 3. The molecule has 96 valence electrons. The fraction of sp³-hybridized carbons (Fsp3) is 0.0667. The Morgan fingerprint density at radius 1 is 1.16 bits per heavy atom. The molecule has 0 fully saturated rings. The number of hydrazone groups is 1. The van der Waals surface area contributed by atoms with E-state index in [0.29, 0.717) is 5.56 Å². The summed E-state index contributed by atoms with van der Waals surface area (Å²) in [5.41, 5.74) is 5.18. The summed E-state index contributed by atoms with van der Waals surface area (Å²) in [4.78, 5) is 11.8. The normalized spacial score (nSPS) is 10.6. The highest BCUT2D eigenvalue weighted by atomic mass is 79.9. The van der Waals surface area contributed by atoms with Gasteiger partial charge in [-0.25, -0.2) is 5.43 Å². The lowest BCUT2D eigenvalue weighted by Crippen LogP contribution is -2.17. The van der Waals surface area contributed by atoms with E-state index in [2.05, 4.69) is 26.5 Å². The van der Waals surface area contributed by atoms with E-state index in [1.165, 1.54) is 0 Å². The number of carbonyl (C=O) groups excluding carboxylic acids is 1. The number of aryl methyl sites for hydroxylation is 1. The Bertz CT molecular complexity index is 606. The van der Waals surface area contributed by atoms with Crippen LogP contribution in [0, 0.1) is 6.92 Å². The minimum absolute atomic E-state index is 0.225. The van der Waals surface area contributed by atoms with Crippen molar-refractivity contribution in [2.75, 3.05) is 0 Å². The van der Waals surface area contributed by atoms with Crippen LogP contribution >= 0.6 is 15.9 Å². The molecule has 0 bridgehead atoms. The van der Waals surface area contributed by atoms with E-state index in [4.69, 9.17) is 0 Å². The zero-order chi connectivity index (χ0) is 13.7. The Morgan fingerprint density at radius 2 is 1.84 bits per heavy atom. The Balaban J connectivity index is 2.01. The van der Waals surface area contributed by atoms with E-state index in [9.17, 15) is 4.79 Å². The second-order valence-corrected chi connectivity index (χ2v) is 4.98. The van der Waals surface area contributed by atoms with Crippen LogP contribution in [-0.4, -0.2) is 12.1 Å². The number of halogens is 1. The van der Waals surface area contributed by atoms with Gasteiger partial charge in [-0.2, -0.15) is 5.10 Å². The first-order chi connectivity index (χ1) is 9.16. The number of hydrogen-bond donors (Lipinski definition) is 1. The van der Waals surface area contributed by atoms with Gasteiger partial charge in [-0.3, -0.25) is 4.79 Å². The lowest BCUT2D eigenvalue weighted by Gasteiger charge is -2.01. The third-order valence-corrected chi connectivity index (χ3v) is 3.19. The highest BCUT2D eigenvalue weighted by Crippen LogP contribution is 2.10. The SMILES string of the molecule is Cc1ccccc1/C=N/NC(=O)c1ccc(Br)cc1. The second-order valence-electron chi connectivity index (χ2n) is 4.06. The first-order valence-corrected chi connectivity index (χ1v) is 6.61. The van der Waals surface area contributed by atoms with Gasteiger partial charge >= 0.3 is 0 Å². The quantitative estimate of drug-likeness (QED) is 0.683. The molecule has 0 unspecified atom stereocenters. The topological polar surface area (TPSA) is 41.5 Å². The van der Waals surface area contributed by atoms with Crippen LogP contribution in [0.2, 0.25) is 0 Å². The van der Waals surface area contributed by atoms with Crippen molar-refractivity contribution in [3.05, 3.63) is 69.7 Å². The molecule has 0 spiro atoms. The molecular weight excluding hydrogens is 304 g/mol. The Morgan fingerprint density at radius 3 is 2.53 bits per heavy atom. The van der Waals surface area contributed by atoms with Crippen LogP contribution in [-0.2, 0) is 0 Å². The van der Waals surface area contributed by atoms with Crippen molar-refractivity contribution in [2.24, 2.45) is 5.10 Å². The summed E-state index contributed by atoms with van der Waals surface area (Å²) in [5.74, 6) is -0.225. The maximum Gasteiger partial charge on any atom is 0.271 e. The summed E-state index contributed by atoms with van der Waals surface area (Å²) < 4.78 is 0.937. The summed E-state index contributed by atoms with van der Waals surface area (Å²) in [6, 6.07) is 15.0. The molecule has 2 aromatic rings. The van der Waals surface area contributed by atoms with E-state index in [1.807, 2.05) is 43.3 Å². The van der Waals surface area contributed by atoms with Crippen LogP contribution in [0.5, 0.6) is 0 Å². The van der Waals surface area contributed by atoms with Gasteiger partial charge in [0.1, 0.15) is 0 Å². The van der Waals surface area contributed by atoms with Crippen molar-refractivity contribution in [1.29, 1.82) is 0 Å². The average Bonchev–Trinajstić information content (AvgIpc) is 2.41. The van der Waals surface area contributed by atoms with E-state index in [1.54, 1.807) is 18.3 Å². The summed E-state index contributed by atoms with van der Waals surface area (Å²) >= 11 is 3.32. The Labute approximate surface area is 120 Å². The molecule has 0 saturated heterocycles. The van der Waals surface area contributed by atoms with E-state index in [0.717, 1.165) is 15.6 Å². The first-order valence-electron chi connectivity index (χ1n) is 5.81. The number of amides is 1. The number of nitrogens with zero attached hydrogens (tertiary/aromatic N) is 1. The molecule has 3 nitrogen and oxygen atoms in total. The van der Waals surface area contributed by atoms with Crippen LogP contribution < -0.4 is 5.43 Å². The van der Waals surface area contributed by atoms with Gasteiger partial charge in [0.15, 0.2) is 0 Å². The molecule has 1 N–H and O–H groups in total. The molecule has 0 aromatic heterocycles. The molecule has 0 radical (unpaired) electrons. The average molecular weight is 317 g/mol. The van der Waals surface area contributed by atoms with Crippen molar-refractivity contribution in [3.8, 4) is 0 Å². The lowest BCUT2D eigenvalue weighted by molar-refractivity contribution is 0.0955. The molecule has 0 aliphatic rings. The predicted octanol–water partition coefficient (Wildman–Crippen LogP) is 3.52. The monoisotopic (exact) mass is 316 g/mol. The molecule has 4 heteroatoms. The molecule has 0 atom stereocenters. The number of carbonyl (C=O) groups is 1. The third kappa shape index (κ3) is 3.76. The van der Waals surface area contributed by atoms with E-state index >= 15 is 0 Å². The first kappa shape index (κ1) is 13.5. The van der Waals surface area contributed by atoms with Crippen LogP contribution in [0.15, 0.2) is 58.1 Å². The molecular formula is C15H13BrN2O. The standard InChI is InChI=1S/C15H13BrN2O/c1-11-4-2-3-5-13(11)10-17-18-15(19)12-6-8-14(16)9-7-12/h2-10H,1H3,(H,18,19)/b17-10+. The van der Waals surface area contributed by atoms with E-state index < -0.39 is 0 Å². The van der Waals surface area contributed by atoms with Crippen LogP contribution in [0.25, 0.3) is 0 Å². The molecule has 19 heavy (non-hydrogen) atoms.